The molecule has 3 rings (SSSR count). The monoisotopic (exact) mass is 430 g/mol. The minimum Gasteiger partial charge on any atom is -0.469 e. The van der Waals surface area contributed by atoms with Crippen molar-refractivity contribution in [1.82, 2.24) is 19.7 Å². The van der Waals surface area contributed by atoms with Gasteiger partial charge in [0, 0.05) is 20.1 Å². The second-order valence-electron chi connectivity index (χ2n) is 6.48. The van der Waals surface area contributed by atoms with Gasteiger partial charge in [-0.2, -0.15) is 23.3 Å². The van der Waals surface area contributed by atoms with E-state index in [0.717, 1.165) is 11.0 Å². The van der Waals surface area contributed by atoms with Crippen molar-refractivity contribution < 1.29 is 32.4 Å². The fourth-order valence-corrected chi connectivity index (χ4v) is 3.15. The maximum Gasteiger partial charge on any atom is 0.423 e. The number of piperidine rings is 1. The van der Waals surface area contributed by atoms with Gasteiger partial charge in [-0.15, -0.1) is 0 Å². The third kappa shape index (κ3) is 4.11. The largest absolute Gasteiger partial charge is 0.469 e. The van der Waals surface area contributed by atoms with Crippen molar-refractivity contribution in [2.24, 2.45) is 13.0 Å². The lowest BCUT2D eigenvalue weighted by Crippen LogP contribution is -2.37. The highest BCUT2D eigenvalue weighted by Gasteiger charge is 2.39. The number of carbonyl (C=O) groups is 1. The third-order valence-electron chi connectivity index (χ3n) is 4.66. The normalized spacial score (nSPS) is 15.2. The van der Waals surface area contributed by atoms with Crippen molar-refractivity contribution in [3.63, 3.8) is 0 Å². The molecule has 1 aliphatic rings. The van der Waals surface area contributed by atoms with Crippen molar-refractivity contribution >= 4 is 17.5 Å². The zero-order valence-corrected chi connectivity index (χ0v) is 15.9. The van der Waals surface area contributed by atoms with Crippen LogP contribution in [-0.2, 0) is 22.8 Å². The van der Waals surface area contributed by atoms with Crippen LogP contribution in [0.15, 0.2) is 12.5 Å². The fraction of sp³-hybridized carbons (Fsp3) is 0.500. The molecular weight excluding hydrogens is 413 g/mol. The summed E-state index contributed by atoms with van der Waals surface area (Å²) in [6, 6.07) is 0. The molecule has 162 valence electrons. The average Bonchev–Trinajstić information content (AvgIpc) is 3.08. The van der Waals surface area contributed by atoms with E-state index in [0.29, 0.717) is 19.0 Å². The van der Waals surface area contributed by atoms with Crippen LogP contribution >= 0.6 is 0 Å². The maximum atomic E-state index is 13.2. The lowest BCUT2D eigenvalue weighted by Gasteiger charge is -2.31. The molecule has 0 bridgehead atoms. The standard InChI is InChI=1S/C16H17F3N6O5/c1-23-14(10(7-22-23)16(17,18)19)30-13-11(25(27)28)12(20-8-21-13)24-5-3-9(4-6-24)15(26)29-2/h7-9H,3-6H2,1-2H3. The molecule has 0 radical (unpaired) electrons. The third-order valence-corrected chi connectivity index (χ3v) is 4.66. The molecule has 30 heavy (non-hydrogen) atoms. The molecule has 3 heterocycles. The van der Waals surface area contributed by atoms with E-state index in [1.807, 2.05) is 0 Å². The summed E-state index contributed by atoms with van der Waals surface area (Å²) in [4.78, 5) is 31.7. The number of aryl methyl sites for hydroxylation is 1. The van der Waals surface area contributed by atoms with Gasteiger partial charge in [-0.3, -0.25) is 14.9 Å². The summed E-state index contributed by atoms with van der Waals surface area (Å²) in [5.41, 5.74) is -1.87. The molecule has 14 heteroatoms. The van der Waals surface area contributed by atoms with Gasteiger partial charge in [0.15, 0.2) is 0 Å². The van der Waals surface area contributed by atoms with Crippen LogP contribution in [0.2, 0.25) is 0 Å². The molecule has 1 aliphatic heterocycles. The number of ether oxygens (including phenoxy) is 2. The Morgan fingerprint density at radius 1 is 1.30 bits per heavy atom. The number of hydrogen-bond donors (Lipinski definition) is 0. The quantitative estimate of drug-likeness (QED) is 0.399. The molecule has 2 aromatic rings. The van der Waals surface area contributed by atoms with E-state index in [-0.39, 0.29) is 30.8 Å². The molecule has 11 nitrogen and oxygen atoms in total. The predicted octanol–water partition coefficient (Wildman–Crippen LogP) is 2.32. The molecule has 2 aromatic heterocycles. The minimum absolute atomic E-state index is 0.107. The number of rotatable bonds is 5. The van der Waals surface area contributed by atoms with Gasteiger partial charge in [0.2, 0.25) is 11.7 Å². The van der Waals surface area contributed by atoms with Gasteiger partial charge in [-0.25, -0.2) is 9.67 Å². The number of hydrogen-bond acceptors (Lipinski definition) is 9. The molecule has 0 amide bonds. The summed E-state index contributed by atoms with van der Waals surface area (Å²) in [5, 5.41) is 15.2. The van der Waals surface area contributed by atoms with Crippen molar-refractivity contribution in [2.45, 2.75) is 19.0 Å². The molecule has 0 saturated carbocycles. The summed E-state index contributed by atoms with van der Waals surface area (Å²) < 4.78 is 50.2. The molecule has 0 spiro atoms. The van der Waals surface area contributed by atoms with Crippen molar-refractivity contribution in [1.29, 1.82) is 0 Å². The first-order chi connectivity index (χ1) is 14.1. The number of carbonyl (C=O) groups excluding carboxylic acids is 1. The Labute approximate surface area is 167 Å². The van der Waals surface area contributed by atoms with E-state index in [1.165, 1.54) is 14.2 Å². The van der Waals surface area contributed by atoms with E-state index in [9.17, 15) is 28.1 Å². The number of esters is 1. The summed E-state index contributed by atoms with van der Waals surface area (Å²) in [5.74, 6) is -2.20. The smallest absolute Gasteiger partial charge is 0.423 e. The Balaban J connectivity index is 1.93. The van der Waals surface area contributed by atoms with Gasteiger partial charge in [0.1, 0.15) is 11.9 Å². The van der Waals surface area contributed by atoms with Crippen LogP contribution in [0.4, 0.5) is 24.7 Å². The highest BCUT2D eigenvalue weighted by atomic mass is 19.4. The van der Waals surface area contributed by atoms with E-state index >= 15 is 0 Å². The van der Waals surface area contributed by atoms with Crippen molar-refractivity contribution in [2.75, 3.05) is 25.1 Å². The topological polar surface area (TPSA) is 126 Å². The van der Waals surface area contributed by atoms with E-state index in [1.54, 1.807) is 4.90 Å². The van der Waals surface area contributed by atoms with Gasteiger partial charge >= 0.3 is 23.7 Å². The molecule has 1 saturated heterocycles. The molecular formula is C16H17F3N6O5. The van der Waals surface area contributed by atoms with Crippen LogP contribution in [0.1, 0.15) is 18.4 Å². The number of nitrogens with zero attached hydrogens (tertiary/aromatic N) is 6. The second kappa shape index (κ2) is 8.12. The fourth-order valence-electron chi connectivity index (χ4n) is 3.15. The summed E-state index contributed by atoms with van der Waals surface area (Å²) in [6.45, 7) is 0.521. The zero-order valence-electron chi connectivity index (χ0n) is 15.9. The Morgan fingerprint density at radius 2 is 1.97 bits per heavy atom. The number of methoxy groups -OCH3 is 1. The summed E-state index contributed by atoms with van der Waals surface area (Å²) in [6.07, 6.45) is -2.49. The molecule has 0 aromatic carbocycles. The number of aromatic nitrogens is 4. The van der Waals surface area contributed by atoms with Gasteiger partial charge in [-0.05, 0) is 12.8 Å². The number of anilines is 1. The second-order valence-corrected chi connectivity index (χ2v) is 6.48. The van der Waals surface area contributed by atoms with Gasteiger partial charge in [0.25, 0.3) is 0 Å². The van der Waals surface area contributed by atoms with E-state index < -0.39 is 34.1 Å². The van der Waals surface area contributed by atoms with Gasteiger partial charge in [0.05, 0.1) is 24.1 Å². The van der Waals surface area contributed by atoms with Crippen LogP contribution in [0.3, 0.4) is 0 Å². The summed E-state index contributed by atoms with van der Waals surface area (Å²) in [7, 11) is 2.48. The zero-order chi connectivity index (χ0) is 22.1. The maximum absolute atomic E-state index is 13.2. The Kier molecular flexibility index (Phi) is 5.75. The molecule has 0 unspecified atom stereocenters. The Bertz CT molecular complexity index is 955. The first-order valence-corrected chi connectivity index (χ1v) is 8.72. The lowest BCUT2D eigenvalue weighted by atomic mass is 9.97. The summed E-state index contributed by atoms with van der Waals surface area (Å²) >= 11 is 0. The van der Waals surface area contributed by atoms with Gasteiger partial charge in [-0.1, -0.05) is 0 Å². The first kappa shape index (κ1) is 21.3. The van der Waals surface area contributed by atoms with Crippen LogP contribution in [0.5, 0.6) is 11.8 Å². The molecule has 1 fully saturated rings. The minimum atomic E-state index is -4.77. The SMILES string of the molecule is COC(=O)C1CCN(c2ncnc(Oc3c(C(F)(F)F)cnn3C)c2[N+](=O)[O-])CC1. The van der Waals surface area contributed by atoms with Crippen molar-refractivity contribution in [3.05, 3.63) is 28.2 Å². The average molecular weight is 430 g/mol. The number of nitro groups is 1. The van der Waals surface area contributed by atoms with E-state index in [2.05, 4.69) is 15.1 Å². The Hall–Kier alpha value is -3.45. The molecule has 0 aliphatic carbocycles. The van der Waals surface area contributed by atoms with Gasteiger partial charge < -0.3 is 14.4 Å². The van der Waals surface area contributed by atoms with Crippen LogP contribution < -0.4 is 9.64 Å². The molecule has 0 N–H and O–H groups in total. The van der Waals surface area contributed by atoms with E-state index in [4.69, 9.17) is 9.47 Å². The first-order valence-electron chi connectivity index (χ1n) is 8.72. The van der Waals surface area contributed by atoms with Crippen molar-refractivity contribution in [3.8, 4) is 11.8 Å². The highest BCUT2D eigenvalue weighted by molar-refractivity contribution is 5.73. The highest BCUT2D eigenvalue weighted by Crippen LogP contribution is 2.41. The van der Waals surface area contributed by atoms with Crippen LogP contribution in [0.25, 0.3) is 0 Å². The number of halogens is 3. The predicted molar refractivity (Wildman–Crippen MR) is 93.9 cm³/mol. The van der Waals surface area contributed by atoms with Crippen LogP contribution in [0, 0.1) is 16.0 Å². The molecule has 0 atom stereocenters. The Morgan fingerprint density at radius 3 is 2.53 bits per heavy atom. The lowest BCUT2D eigenvalue weighted by molar-refractivity contribution is -0.385. The number of alkyl halides is 3. The van der Waals surface area contributed by atoms with Crippen LogP contribution in [-0.4, -0.2) is 50.8 Å².